The molecular formula is C32H44N4O9Si. The second-order valence-corrected chi connectivity index (χ2v) is 18.8. The van der Waals surface area contributed by atoms with Crippen LogP contribution in [0.2, 0.25) is 25.7 Å². The average molecular weight is 657 g/mol. The number of carbonyl (C=O) groups is 5. The average Bonchev–Trinajstić information content (AvgIpc) is 3.33. The van der Waals surface area contributed by atoms with Gasteiger partial charge < -0.3 is 40.6 Å². The van der Waals surface area contributed by atoms with E-state index in [2.05, 4.69) is 40.9 Å². The van der Waals surface area contributed by atoms with Crippen molar-refractivity contribution in [3.63, 3.8) is 0 Å². The molecule has 0 saturated heterocycles. The standard InChI is InChI=1S/C32H44N4O9Si/c1-32(2,3)45-30(41)34-17-25(27(37)35-26(28(38)39)18-33-29(40)43-14-15-46(4,5)6)36-31(42)44-19-21-11-9-13-23-22-12-8-7-10-20(22)16-24(21)23/h7-13,25-26H,14-19H2,1-6H3,(H,33,40)(H,34,41)(H,35,37)(H,36,42)(H,38,39)/t25-,26+/m0/s1. The fourth-order valence-electron chi connectivity index (χ4n) is 4.55. The molecule has 0 heterocycles. The Morgan fingerprint density at radius 2 is 1.48 bits per heavy atom. The Bertz CT molecular complexity index is 1440. The van der Waals surface area contributed by atoms with E-state index in [1.807, 2.05) is 42.5 Å². The van der Waals surface area contributed by atoms with Crippen LogP contribution in [0, 0.1) is 0 Å². The summed E-state index contributed by atoms with van der Waals surface area (Å²) in [4.78, 5) is 62.3. The van der Waals surface area contributed by atoms with Crippen molar-refractivity contribution in [2.75, 3.05) is 19.7 Å². The first-order chi connectivity index (χ1) is 21.5. The molecule has 2 aromatic rings. The first-order valence-corrected chi connectivity index (χ1v) is 18.8. The summed E-state index contributed by atoms with van der Waals surface area (Å²) in [7, 11) is -1.45. The first-order valence-electron chi connectivity index (χ1n) is 15.1. The highest BCUT2D eigenvalue weighted by Gasteiger charge is 2.29. The van der Waals surface area contributed by atoms with Crippen LogP contribution in [0.1, 0.15) is 37.5 Å². The number of rotatable bonds is 13. The van der Waals surface area contributed by atoms with Gasteiger partial charge in [0.15, 0.2) is 0 Å². The molecule has 46 heavy (non-hydrogen) atoms. The minimum absolute atomic E-state index is 0.0850. The summed E-state index contributed by atoms with van der Waals surface area (Å²) in [5, 5.41) is 19.1. The Morgan fingerprint density at radius 1 is 0.826 bits per heavy atom. The number of hydrogen-bond acceptors (Lipinski definition) is 8. The Morgan fingerprint density at radius 3 is 2.15 bits per heavy atom. The van der Waals surface area contributed by atoms with E-state index in [9.17, 15) is 29.1 Å². The fraction of sp³-hybridized carbons (Fsp3) is 0.469. The largest absolute Gasteiger partial charge is 0.480 e. The van der Waals surface area contributed by atoms with Crippen LogP contribution in [-0.2, 0) is 36.8 Å². The maximum absolute atomic E-state index is 13.2. The number of carboxylic acid groups (broad SMARTS) is 1. The molecule has 0 spiro atoms. The summed E-state index contributed by atoms with van der Waals surface area (Å²) in [6.45, 7) is 10.5. The monoisotopic (exact) mass is 656 g/mol. The van der Waals surface area contributed by atoms with Crippen molar-refractivity contribution in [3.05, 3.63) is 59.2 Å². The van der Waals surface area contributed by atoms with Gasteiger partial charge in [0.1, 0.15) is 24.3 Å². The van der Waals surface area contributed by atoms with Crippen LogP contribution in [-0.4, -0.2) is 80.7 Å². The molecule has 1 aliphatic carbocycles. The number of ether oxygens (including phenoxy) is 3. The Balaban J connectivity index is 1.63. The Kier molecular flexibility index (Phi) is 12.2. The lowest BCUT2D eigenvalue weighted by Crippen LogP contribution is -2.57. The number of amides is 4. The van der Waals surface area contributed by atoms with E-state index in [0.29, 0.717) is 6.42 Å². The van der Waals surface area contributed by atoms with Crippen LogP contribution in [0.5, 0.6) is 0 Å². The maximum atomic E-state index is 13.2. The predicted octanol–water partition coefficient (Wildman–Crippen LogP) is 4.01. The Labute approximate surface area is 269 Å². The molecule has 3 rings (SSSR count). The van der Waals surface area contributed by atoms with E-state index in [4.69, 9.17) is 14.2 Å². The van der Waals surface area contributed by atoms with Gasteiger partial charge in [-0.15, -0.1) is 0 Å². The number of carbonyl (C=O) groups excluding carboxylic acids is 4. The van der Waals surface area contributed by atoms with E-state index in [1.54, 1.807) is 20.8 Å². The van der Waals surface area contributed by atoms with E-state index in [0.717, 1.165) is 28.3 Å². The molecule has 4 amide bonds. The minimum atomic E-state index is -1.56. The van der Waals surface area contributed by atoms with Crippen LogP contribution < -0.4 is 21.3 Å². The molecule has 1 aliphatic rings. The van der Waals surface area contributed by atoms with Crippen LogP contribution >= 0.6 is 0 Å². The van der Waals surface area contributed by atoms with E-state index >= 15 is 0 Å². The van der Waals surface area contributed by atoms with Gasteiger partial charge in [-0.25, -0.2) is 19.2 Å². The zero-order valence-corrected chi connectivity index (χ0v) is 28.2. The van der Waals surface area contributed by atoms with Crippen molar-refractivity contribution < 1.29 is 43.3 Å². The summed E-state index contributed by atoms with van der Waals surface area (Å²) in [6, 6.07) is 11.5. The number of benzene rings is 2. The quantitative estimate of drug-likeness (QED) is 0.134. The van der Waals surface area contributed by atoms with Gasteiger partial charge in [0, 0.05) is 8.07 Å². The normalized spacial score (nSPS) is 13.3. The zero-order valence-electron chi connectivity index (χ0n) is 27.2. The molecule has 0 saturated carbocycles. The van der Waals surface area contributed by atoms with Crippen molar-refractivity contribution in [1.29, 1.82) is 0 Å². The first kappa shape index (κ1) is 35.9. The number of carboxylic acids is 1. The topological polar surface area (TPSA) is 181 Å². The highest BCUT2D eigenvalue weighted by atomic mass is 28.3. The summed E-state index contributed by atoms with van der Waals surface area (Å²) in [6.07, 6.45) is -1.94. The van der Waals surface area contributed by atoms with Crippen LogP contribution in [0.4, 0.5) is 14.4 Å². The van der Waals surface area contributed by atoms with Crippen molar-refractivity contribution >= 4 is 38.2 Å². The molecule has 0 unspecified atom stereocenters. The van der Waals surface area contributed by atoms with E-state index < -0.39 is 69.0 Å². The zero-order chi connectivity index (χ0) is 34.1. The number of nitrogens with one attached hydrogen (secondary N) is 4. The molecule has 0 fully saturated rings. The van der Waals surface area contributed by atoms with Crippen molar-refractivity contribution in [2.24, 2.45) is 0 Å². The van der Waals surface area contributed by atoms with Gasteiger partial charge in [0.2, 0.25) is 5.91 Å². The predicted molar refractivity (Wildman–Crippen MR) is 173 cm³/mol. The number of fused-ring (bicyclic) bond motifs is 3. The van der Waals surface area contributed by atoms with Gasteiger partial charge in [0.25, 0.3) is 0 Å². The molecule has 0 radical (unpaired) electrons. The highest BCUT2D eigenvalue weighted by Crippen LogP contribution is 2.38. The summed E-state index contributed by atoms with van der Waals surface area (Å²) in [5.41, 5.74) is 4.36. The van der Waals surface area contributed by atoms with Gasteiger partial charge in [-0.1, -0.05) is 62.1 Å². The number of alkyl carbamates (subject to hydrolysis) is 3. The highest BCUT2D eigenvalue weighted by molar-refractivity contribution is 6.76. The molecule has 2 aromatic carbocycles. The van der Waals surface area contributed by atoms with Crippen LogP contribution in [0.3, 0.4) is 0 Å². The minimum Gasteiger partial charge on any atom is -0.480 e. The van der Waals surface area contributed by atoms with E-state index in [-0.39, 0.29) is 13.2 Å². The lowest BCUT2D eigenvalue weighted by molar-refractivity contribution is -0.141. The summed E-state index contributed by atoms with van der Waals surface area (Å²) < 4.78 is 15.8. The van der Waals surface area contributed by atoms with Crippen LogP contribution in [0.15, 0.2) is 42.5 Å². The second-order valence-electron chi connectivity index (χ2n) is 13.2. The second kappa shape index (κ2) is 15.6. The molecule has 5 N–H and O–H groups in total. The Hall–Kier alpha value is -4.59. The lowest BCUT2D eigenvalue weighted by atomic mass is 10.0. The van der Waals surface area contributed by atoms with Crippen molar-refractivity contribution in [3.8, 4) is 11.1 Å². The molecule has 0 aromatic heterocycles. The third-order valence-corrected chi connectivity index (χ3v) is 8.62. The SMILES string of the molecule is CC(C)(C)OC(=O)NC[C@H](NC(=O)OCc1cccc2c1Cc1ccccc1-2)C(=O)N[C@H](CNC(=O)OCC[Si](C)(C)C)C(=O)O. The van der Waals surface area contributed by atoms with Gasteiger partial charge in [0.05, 0.1) is 19.7 Å². The number of hydrogen-bond donors (Lipinski definition) is 5. The molecule has 13 nitrogen and oxygen atoms in total. The molecular weight excluding hydrogens is 612 g/mol. The maximum Gasteiger partial charge on any atom is 0.408 e. The molecule has 250 valence electrons. The summed E-state index contributed by atoms with van der Waals surface area (Å²) in [5.74, 6) is -2.37. The third-order valence-electron chi connectivity index (χ3n) is 6.91. The lowest BCUT2D eigenvalue weighted by Gasteiger charge is -2.23. The van der Waals surface area contributed by atoms with Crippen LogP contribution in [0.25, 0.3) is 11.1 Å². The fourth-order valence-corrected chi connectivity index (χ4v) is 5.27. The summed E-state index contributed by atoms with van der Waals surface area (Å²) >= 11 is 0. The van der Waals surface area contributed by atoms with E-state index in [1.165, 1.54) is 5.56 Å². The van der Waals surface area contributed by atoms with Gasteiger partial charge in [-0.3, -0.25) is 4.79 Å². The van der Waals surface area contributed by atoms with Crippen molar-refractivity contribution in [2.45, 2.75) is 77.2 Å². The molecule has 0 aliphatic heterocycles. The third kappa shape index (κ3) is 11.4. The van der Waals surface area contributed by atoms with Gasteiger partial charge in [-0.2, -0.15) is 0 Å². The molecule has 14 heteroatoms. The number of aliphatic carboxylic acids is 1. The molecule has 2 atom stereocenters. The van der Waals surface area contributed by atoms with Gasteiger partial charge >= 0.3 is 24.2 Å². The van der Waals surface area contributed by atoms with Crippen molar-refractivity contribution in [1.82, 2.24) is 21.3 Å². The smallest absolute Gasteiger partial charge is 0.408 e. The van der Waals surface area contributed by atoms with Gasteiger partial charge in [-0.05, 0) is 61.1 Å². The molecule has 0 bridgehead atoms.